The van der Waals surface area contributed by atoms with E-state index in [0.717, 1.165) is 27.3 Å². The van der Waals surface area contributed by atoms with Crippen molar-refractivity contribution in [3.8, 4) is 0 Å². The summed E-state index contributed by atoms with van der Waals surface area (Å²) in [6.07, 6.45) is 1.50. The van der Waals surface area contributed by atoms with Crippen molar-refractivity contribution in [3.63, 3.8) is 0 Å². The lowest BCUT2D eigenvalue weighted by Gasteiger charge is -2.10. The molecule has 144 valence electrons. The summed E-state index contributed by atoms with van der Waals surface area (Å²) in [6, 6.07) is 11.7. The van der Waals surface area contributed by atoms with Crippen LogP contribution in [0, 0.1) is 6.92 Å². The van der Waals surface area contributed by atoms with Gasteiger partial charge in [0.25, 0.3) is 0 Å². The quantitative estimate of drug-likeness (QED) is 0.350. The molecular formula is C20H19N3O3S2. The molecule has 2 aromatic heterocycles. The van der Waals surface area contributed by atoms with Crippen LogP contribution in [0.25, 0.3) is 10.9 Å². The molecule has 1 unspecified atom stereocenters. The van der Waals surface area contributed by atoms with Gasteiger partial charge in [-0.25, -0.2) is 14.8 Å². The van der Waals surface area contributed by atoms with Crippen LogP contribution in [0.4, 0.5) is 5.13 Å². The van der Waals surface area contributed by atoms with Gasteiger partial charge in [-0.1, -0.05) is 60.0 Å². The Morgan fingerprint density at radius 3 is 2.86 bits per heavy atom. The van der Waals surface area contributed by atoms with Crippen LogP contribution in [0.3, 0.4) is 0 Å². The van der Waals surface area contributed by atoms with E-state index in [-0.39, 0.29) is 17.8 Å². The third kappa shape index (κ3) is 4.76. The molecule has 0 fully saturated rings. The van der Waals surface area contributed by atoms with Crippen LogP contribution >= 0.6 is 23.1 Å². The van der Waals surface area contributed by atoms with Crippen LogP contribution in [-0.4, -0.2) is 33.7 Å². The summed E-state index contributed by atoms with van der Waals surface area (Å²) in [4.78, 5) is 33.7. The third-order valence-corrected chi connectivity index (χ3v) is 5.87. The van der Waals surface area contributed by atoms with Crippen LogP contribution < -0.4 is 5.32 Å². The standard InChI is InChI=1S/C20H19N3O3S2/c1-4-11-26-19(25)17-12(2)21-20(28-17)23-18(24)13(3)27-16-10-9-14-7-5-6-8-15(14)22-16/h4-10,13H,1,11H2,2-3H3,(H,21,23,24). The molecule has 0 aliphatic carbocycles. The number of carbonyl (C=O) groups is 2. The van der Waals surface area contributed by atoms with Gasteiger partial charge in [-0.05, 0) is 26.0 Å². The smallest absolute Gasteiger partial charge is 0.350 e. The number of aryl methyl sites for hydroxylation is 1. The molecule has 1 amide bonds. The molecule has 0 radical (unpaired) electrons. The fourth-order valence-electron chi connectivity index (χ4n) is 2.39. The SMILES string of the molecule is C=CCOC(=O)c1sc(NC(=O)C(C)Sc2ccc3ccccc3n2)nc1C. The molecule has 0 saturated heterocycles. The maximum atomic E-state index is 12.5. The van der Waals surface area contributed by atoms with Crippen LogP contribution in [0.15, 0.2) is 54.1 Å². The molecule has 28 heavy (non-hydrogen) atoms. The van der Waals surface area contributed by atoms with Gasteiger partial charge in [0.15, 0.2) is 5.13 Å². The largest absolute Gasteiger partial charge is 0.457 e. The molecule has 1 N–H and O–H groups in total. The molecule has 6 nitrogen and oxygen atoms in total. The number of anilines is 1. The molecule has 0 bridgehead atoms. The summed E-state index contributed by atoms with van der Waals surface area (Å²) in [7, 11) is 0. The molecule has 0 aliphatic rings. The second-order valence-electron chi connectivity index (χ2n) is 5.91. The number of rotatable bonds is 7. The Balaban J connectivity index is 1.65. The van der Waals surface area contributed by atoms with Gasteiger partial charge in [-0.3, -0.25) is 4.79 Å². The van der Waals surface area contributed by atoms with Crippen molar-refractivity contribution in [1.29, 1.82) is 0 Å². The van der Waals surface area contributed by atoms with E-state index in [0.29, 0.717) is 15.7 Å². The molecule has 0 aliphatic heterocycles. The second-order valence-corrected chi connectivity index (χ2v) is 8.27. The van der Waals surface area contributed by atoms with Crippen molar-refractivity contribution in [3.05, 3.63) is 59.6 Å². The summed E-state index contributed by atoms with van der Waals surface area (Å²) < 4.78 is 5.03. The number of para-hydroxylation sites is 1. The first-order valence-corrected chi connectivity index (χ1v) is 10.3. The summed E-state index contributed by atoms with van der Waals surface area (Å²) in [5, 5.41) is 4.57. The zero-order valence-corrected chi connectivity index (χ0v) is 17.1. The number of pyridine rings is 1. The highest BCUT2D eigenvalue weighted by molar-refractivity contribution is 8.00. The average molecular weight is 414 g/mol. The molecule has 3 rings (SSSR count). The topological polar surface area (TPSA) is 81.2 Å². The number of nitrogens with zero attached hydrogens (tertiary/aromatic N) is 2. The Labute approximate surface area is 171 Å². The van der Waals surface area contributed by atoms with Gasteiger partial charge < -0.3 is 10.1 Å². The summed E-state index contributed by atoms with van der Waals surface area (Å²) in [5.41, 5.74) is 1.41. The first kappa shape index (κ1) is 20.0. The zero-order chi connectivity index (χ0) is 20.1. The third-order valence-electron chi connectivity index (χ3n) is 3.78. The van der Waals surface area contributed by atoms with Crippen molar-refractivity contribution in [2.75, 3.05) is 11.9 Å². The minimum absolute atomic E-state index is 0.129. The van der Waals surface area contributed by atoms with E-state index in [1.807, 2.05) is 36.4 Å². The molecule has 8 heteroatoms. The van der Waals surface area contributed by atoms with E-state index >= 15 is 0 Å². The number of esters is 1. The minimum Gasteiger partial charge on any atom is -0.457 e. The Morgan fingerprint density at radius 1 is 1.29 bits per heavy atom. The highest BCUT2D eigenvalue weighted by Crippen LogP contribution is 2.27. The van der Waals surface area contributed by atoms with Gasteiger partial charge in [-0.2, -0.15) is 0 Å². The molecular weight excluding hydrogens is 394 g/mol. The number of nitrogens with one attached hydrogen (secondary N) is 1. The summed E-state index contributed by atoms with van der Waals surface area (Å²) >= 11 is 2.46. The van der Waals surface area contributed by atoms with Crippen molar-refractivity contribution >= 4 is 51.0 Å². The van der Waals surface area contributed by atoms with Crippen molar-refractivity contribution in [2.45, 2.75) is 24.1 Å². The maximum absolute atomic E-state index is 12.5. The lowest BCUT2D eigenvalue weighted by atomic mass is 10.2. The fourth-order valence-corrected chi connectivity index (χ4v) is 4.08. The van der Waals surface area contributed by atoms with Crippen LogP contribution in [0.1, 0.15) is 22.3 Å². The first-order chi connectivity index (χ1) is 13.5. The van der Waals surface area contributed by atoms with E-state index in [2.05, 4.69) is 21.9 Å². The van der Waals surface area contributed by atoms with Crippen molar-refractivity contribution in [1.82, 2.24) is 9.97 Å². The van der Waals surface area contributed by atoms with Crippen LogP contribution in [0.2, 0.25) is 0 Å². The average Bonchev–Trinajstić information content (AvgIpc) is 3.06. The van der Waals surface area contributed by atoms with E-state index in [4.69, 9.17) is 4.74 Å². The fraction of sp³-hybridized carbons (Fsp3) is 0.200. The van der Waals surface area contributed by atoms with E-state index in [1.165, 1.54) is 17.8 Å². The van der Waals surface area contributed by atoms with Gasteiger partial charge in [0.2, 0.25) is 5.91 Å². The number of thioether (sulfide) groups is 1. The van der Waals surface area contributed by atoms with E-state index in [9.17, 15) is 9.59 Å². The van der Waals surface area contributed by atoms with Gasteiger partial charge >= 0.3 is 5.97 Å². The number of carbonyl (C=O) groups excluding carboxylic acids is 2. The van der Waals surface area contributed by atoms with Crippen molar-refractivity contribution in [2.24, 2.45) is 0 Å². The Kier molecular flexibility index (Phi) is 6.43. The molecule has 3 aromatic rings. The molecule has 0 spiro atoms. The normalized spacial score (nSPS) is 11.8. The predicted octanol–water partition coefficient (Wildman–Crippen LogP) is 4.46. The lowest BCUT2D eigenvalue weighted by Crippen LogP contribution is -2.22. The van der Waals surface area contributed by atoms with E-state index < -0.39 is 5.97 Å². The number of amides is 1. The van der Waals surface area contributed by atoms with Gasteiger partial charge in [-0.15, -0.1) is 0 Å². The number of aromatic nitrogens is 2. The minimum atomic E-state index is -0.474. The van der Waals surface area contributed by atoms with Crippen LogP contribution in [-0.2, 0) is 9.53 Å². The van der Waals surface area contributed by atoms with Gasteiger partial charge in [0.1, 0.15) is 11.5 Å². The second kappa shape index (κ2) is 8.99. The van der Waals surface area contributed by atoms with Gasteiger partial charge in [0.05, 0.1) is 21.5 Å². The molecule has 1 atom stereocenters. The number of thiazole rings is 1. The Bertz CT molecular complexity index is 1030. The van der Waals surface area contributed by atoms with Crippen molar-refractivity contribution < 1.29 is 14.3 Å². The van der Waals surface area contributed by atoms with E-state index in [1.54, 1.807) is 13.8 Å². The van der Waals surface area contributed by atoms with Crippen LogP contribution in [0.5, 0.6) is 0 Å². The maximum Gasteiger partial charge on any atom is 0.350 e. The Morgan fingerprint density at radius 2 is 2.07 bits per heavy atom. The number of ether oxygens (including phenoxy) is 1. The van der Waals surface area contributed by atoms with Gasteiger partial charge in [0, 0.05) is 5.39 Å². The monoisotopic (exact) mass is 413 g/mol. The number of benzene rings is 1. The highest BCUT2D eigenvalue weighted by Gasteiger charge is 2.20. The molecule has 0 saturated carbocycles. The number of fused-ring (bicyclic) bond motifs is 1. The first-order valence-electron chi connectivity index (χ1n) is 8.56. The number of hydrogen-bond donors (Lipinski definition) is 1. The molecule has 1 aromatic carbocycles. The zero-order valence-electron chi connectivity index (χ0n) is 15.5. The molecule has 2 heterocycles. The Hall–Kier alpha value is -2.71. The summed E-state index contributed by atoms with van der Waals surface area (Å²) in [6.45, 7) is 7.14. The lowest BCUT2D eigenvalue weighted by molar-refractivity contribution is -0.115. The number of hydrogen-bond acceptors (Lipinski definition) is 7. The highest BCUT2D eigenvalue weighted by atomic mass is 32.2. The predicted molar refractivity (Wildman–Crippen MR) is 113 cm³/mol. The summed E-state index contributed by atoms with van der Waals surface area (Å²) in [5.74, 6) is -0.682.